The van der Waals surface area contributed by atoms with Gasteiger partial charge in [0.05, 0.1) is 0 Å². The summed E-state index contributed by atoms with van der Waals surface area (Å²) in [5, 5.41) is 5.98. The van der Waals surface area contributed by atoms with Gasteiger partial charge in [-0.2, -0.15) is 0 Å². The third-order valence-electron chi connectivity index (χ3n) is 3.46. The van der Waals surface area contributed by atoms with Gasteiger partial charge in [0.15, 0.2) is 0 Å². The molecule has 0 aliphatic heterocycles. The number of halogens is 1. The number of hydrogen-bond donors (Lipinski definition) is 1. The summed E-state index contributed by atoms with van der Waals surface area (Å²) in [6.45, 7) is 3.81. The molecule has 0 aliphatic rings. The van der Waals surface area contributed by atoms with Crippen LogP contribution in [0.5, 0.6) is 0 Å². The predicted molar refractivity (Wildman–Crippen MR) is 87.1 cm³/mol. The number of aryl methyl sites for hydroxylation is 1. The van der Waals surface area contributed by atoms with Crippen LogP contribution in [0.15, 0.2) is 53.3 Å². The first-order chi connectivity index (χ1) is 9.75. The minimum Gasteiger partial charge on any atom is -0.383 e. The second-order valence-electron chi connectivity index (χ2n) is 4.74. The Labute approximate surface area is 126 Å². The number of imidazole rings is 1. The average molecular weight is 330 g/mol. The van der Waals surface area contributed by atoms with Crippen molar-refractivity contribution < 1.29 is 0 Å². The molecule has 0 amide bonds. The van der Waals surface area contributed by atoms with E-state index in [0.717, 1.165) is 23.4 Å². The molecular formula is C16H16BrN3. The van der Waals surface area contributed by atoms with E-state index in [0.29, 0.717) is 0 Å². The van der Waals surface area contributed by atoms with Crippen LogP contribution in [0, 0.1) is 6.92 Å². The Morgan fingerprint density at radius 1 is 1.15 bits per heavy atom. The molecule has 0 spiro atoms. The van der Waals surface area contributed by atoms with Crippen LogP contribution in [0.25, 0.3) is 10.8 Å². The van der Waals surface area contributed by atoms with E-state index in [9.17, 15) is 0 Å². The summed E-state index contributed by atoms with van der Waals surface area (Å²) in [5.74, 6) is 1.05. The molecular weight excluding hydrogens is 314 g/mol. The van der Waals surface area contributed by atoms with E-state index in [1.54, 1.807) is 0 Å². The van der Waals surface area contributed by atoms with Crippen molar-refractivity contribution in [3.63, 3.8) is 0 Å². The summed E-state index contributed by atoms with van der Waals surface area (Å²) in [5.41, 5.74) is 1.17. The van der Waals surface area contributed by atoms with Crippen molar-refractivity contribution in [1.29, 1.82) is 0 Å². The van der Waals surface area contributed by atoms with E-state index in [1.165, 1.54) is 16.5 Å². The molecule has 0 saturated carbocycles. The number of benzene rings is 2. The van der Waals surface area contributed by atoms with Crippen molar-refractivity contribution in [3.8, 4) is 0 Å². The maximum atomic E-state index is 4.23. The zero-order valence-electron chi connectivity index (χ0n) is 11.3. The molecule has 0 bridgehead atoms. The van der Waals surface area contributed by atoms with Crippen molar-refractivity contribution in [2.24, 2.45) is 0 Å². The lowest BCUT2D eigenvalue weighted by Gasteiger charge is -2.12. The maximum Gasteiger partial charge on any atom is 0.105 e. The highest BCUT2D eigenvalue weighted by Gasteiger charge is 2.03. The first-order valence-corrected chi connectivity index (χ1v) is 7.44. The van der Waals surface area contributed by atoms with Crippen LogP contribution in [-0.4, -0.2) is 16.1 Å². The van der Waals surface area contributed by atoms with Gasteiger partial charge in [0.1, 0.15) is 5.82 Å². The van der Waals surface area contributed by atoms with Crippen LogP contribution in [0.4, 0.5) is 5.69 Å². The van der Waals surface area contributed by atoms with Crippen molar-refractivity contribution in [1.82, 2.24) is 9.55 Å². The molecule has 0 atom stereocenters. The van der Waals surface area contributed by atoms with Gasteiger partial charge >= 0.3 is 0 Å². The van der Waals surface area contributed by atoms with Gasteiger partial charge in [-0.3, -0.25) is 0 Å². The Morgan fingerprint density at radius 2 is 1.95 bits per heavy atom. The van der Waals surface area contributed by atoms with Crippen LogP contribution in [0.1, 0.15) is 5.82 Å². The number of fused-ring (bicyclic) bond motifs is 1. The lowest BCUT2D eigenvalue weighted by atomic mass is 10.1. The minimum absolute atomic E-state index is 0.878. The zero-order valence-corrected chi connectivity index (χ0v) is 12.9. The molecule has 20 heavy (non-hydrogen) atoms. The van der Waals surface area contributed by atoms with Crippen LogP contribution < -0.4 is 5.32 Å². The molecule has 4 heteroatoms. The third kappa shape index (κ3) is 2.56. The van der Waals surface area contributed by atoms with Gasteiger partial charge in [-0.05, 0) is 24.4 Å². The maximum absolute atomic E-state index is 4.23. The molecule has 0 fully saturated rings. The van der Waals surface area contributed by atoms with Gasteiger partial charge in [0.2, 0.25) is 0 Å². The molecule has 2 aromatic carbocycles. The Balaban J connectivity index is 1.78. The number of nitrogens with one attached hydrogen (secondary N) is 1. The standard InChI is InChI=1S/C16H16BrN3/c1-12-18-8-10-20(12)11-9-19-16-7-6-15(17)13-4-2-3-5-14(13)16/h2-8,10,19H,9,11H2,1H3. The molecule has 3 rings (SSSR count). The average Bonchev–Trinajstić information content (AvgIpc) is 2.87. The van der Waals surface area contributed by atoms with Crippen molar-refractivity contribution in [3.05, 3.63) is 59.1 Å². The Kier molecular flexibility index (Phi) is 3.74. The fourth-order valence-corrected chi connectivity index (χ4v) is 2.85. The SMILES string of the molecule is Cc1nccn1CCNc1ccc(Br)c2ccccc12. The lowest BCUT2D eigenvalue weighted by Crippen LogP contribution is -2.11. The van der Waals surface area contributed by atoms with Crippen LogP contribution in [0.3, 0.4) is 0 Å². The van der Waals surface area contributed by atoms with E-state index in [1.807, 2.05) is 19.3 Å². The summed E-state index contributed by atoms with van der Waals surface area (Å²) in [6, 6.07) is 12.6. The monoisotopic (exact) mass is 329 g/mol. The molecule has 1 aromatic heterocycles. The Morgan fingerprint density at radius 3 is 2.70 bits per heavy atom. The molecule has 0 aliphatic carbocycles. The molecule has 1 N–H and O–H groups in total. The second kappa shape index (κ2) is 5.67. The van der Waals surface area contributed by atoms with E-state index in [4.69, 9.17) is 0 Å². The fraction of sp³-hybridized carbons (Fsp3) is 0.188. The molecule has 0 unspecified atom stereocenters. The smallest absolute Gasteiger partial charge is 0.105 e. The van der Waals surface area contributed by atoms with E-state index < -0.39 is 0 Å². The third-order valence-corrected chi connectivity index (χ3v) is 4.15. The van der Waals surface area contributed by atoms with Gasteiger partial charge in [-0.15, -0.1) is 0 Å². The normalized spacial score (nSPS) is 10.9. The summed E-state index contributed by atoms with van der Waals surface area (Å²) in [6.07, 6.45) is 3.85. The minimum atomic E-state index is 0.878. The van der Waals surface area contributed by atoms with Crippen molar-refractivity contribution in [2.45, 2.75) is 13.5 Å². The highest BCUT2D eigenvalue weighted by molar-refractivity contribution is 9.10. The van der Waals surface area contributed by atoms with Gasteiger partial charge < -0.3 is 9.88 Å². The molecule has 1 heterocycles. The summed E-state index contributed by atoms with van der Waals surface area (Å²) in [4.78, 5) is 4.23. The number of rotatable bonds is 4. The van der Waals surface area contributed by atoms with Gasteiger partial charge in [-0.1, -0.05) is 40.2 Å². The van der Waals surface area contributed by atoms with Crippen molar-refractivity contribution >= 4 is 32.4 Å². The Hall–Kier alpha value is -1.81. The second-order valence-corrected chi connectivity index (χ2v) is 5.59. The lowest BCUT2D eigenvalue weighted by molar-refractivity contribution is 0.701. The van der Waals surface area contributed by atoms with Gasteiger partial charge in [0.25, 0.3) is 0 Å². The van der Waals surface area contributed by atoms with E-state index in [2.05, 4.69) is 67.2 Å². The van der Waals surface area contributed by atoms with Crippen LogP contribution in [-0.2, 0) is 6.54 Å². The predicted octanol–water partition coefficient (Wildman–Crippen LogP) is 4.22. The number of anilines is 1. The van der Waals surface area contributed by atoms with Crippen LogP contribution >= 0.6 is 15.9 Å². The van der Waals surface area contributed by atoms with E-state index in [-0.39, 0.29) is 0 Å². The molecule has 3 nitrogen and oxygen atoms in total. The van der Waals surface area contributed by atoms with Crippen molar-refractivity contribution in [2.75, 3.05) is 11.9 Å². The quantitative estimate of drug-likeness (QED) is 0.776. The summed E-state index contributed by atoms with van der Waals surface area (Å²) in [7, 11) is 0. The first-order valence-electron chi connectivity index (χ1n) is 6.64. The highest BCUT2D eigenvalue weighted by Crippen LogP contribution is 2.29. The molecule has 3 aromatic rings. The largest absolute Gasteiger partial charge is 0.383 e. The summed E-state index contributed by atoms with van der Waals surface area (Å²) >= 11 is 3.60. The number of hydrogen-bond acceptors (Lipinski definition) is 2. The zero-order chi connectivity index (χ0) is 13.9. The molecule has 0 saturated heterocycles. The number of aromatic nitrogens is 2. The van der Waals surface area contributed by atoms with Gasteiger partial charge in [0, 0.05) is 41.0 Å². The van der Waals surface area contributed by atoms with Gasteiger partial charge in [-0.25, -0.2) is 4.98 Å². The first kappa shape index (κ1) is 13.2. The topological polar surface area (TPSA) is 29.9 Å². The van der Waals surface area contributed by atoms with E-state index >= 15 is 0 Å². The fourth-order valence-electron chi connectivity index (χ4n) is 2.37. The summed E-state index contributed by atoms with van der Waals surface area (Å²) < 4.78 is 3.28. The number of nitrogens with zero attached hydrogens (tertiary/aromatic N) is 2. The highest BCUT2D eigenvalue weighted by atomic mass is 79.9. The molecule has 102 valence electrons. The Bertz CT molecular complexity index is 733. The van der Waals surface area contributed by atoms with Crippen LogP contribution in [0.2, 0.25) is 0 Å². The molecule has 0 radical (unpaired) electrons.